The predicted octanol–water partition coefficient (Wildman–Crippen LogP) is 4.01. The molecule has 0 aliphatic carbocycles. The van der Waals surface area contributed by atoms with Crippen LogP contribution in [0.1, 0.15) is 22.0 Å². The molecule has 0 spiro atoms. The Labute approximate surface area is 143 Å². The Morgan fingerprint density at radius 3 is 3.00 bits per heavy atom. The summed E-state index contributed by atoms with van der Waals surface area (Å²) in [7, 11) is 0. The smallest absolute Gasteiger partial charge is 0.328 e. The molecule has 122 valence electrons. The number of halogens is 2. The Balaban J connectivity index is 1.89. The number of hydrogen-bond donors (Lipinski definition) is 0. The lowest BCUT2D eigenvalue weighted by molar-refractivity contribution is -0.151. The quantitative estimate of drug-likeness (QED) is 0.760. The first-order valence-electron chi connectivity index (χ1n) is 7.47. The number of alkyl halides is 1. The number of thiophene rings is 1. The minimum Gasteiger partial charge on any atom is -0.461 e. The SMILES string of the molecule is O=C(OCCF)C(c1ccccc1Cl)N1CCc2sccc2C1. The lowest BCUT2D eigenvalue weighted by atomic mass is 10.0. The van der Waals surface area contributed by atoms with Crippen LogP contribution in [0.4, 0.5) is 4.39 Å². The summed E-state index contributed by atoms with van der Waals surface area (Å²) in [6.07, 6.45) is 0.893. The second-order valence-electron chi connectivity index (χ2n) is 5.37. The first-order valence-corrected chi connectivity index (χ1v) is 8.73. The van der Waals surface area contributed by atoms with Crippen molar-refractivity contribution in [2.24, 2.45) is 0 Å². The fourth-order valence-electron chi connectivity index (χ4n) is 2.88. The molecule has 1 aromatic carbocycles. The zero-order valence-corrected chi connectivity index (χ0v) is 14.1. The van der Waals surface area contributed by atoms with Gasteiger partial charge in [-0.15, -0.1) is 11.3 Å². The van der Waals surface area contributed by atoms with Gasteiger partial charge in [0.25, 0.3) is 0 Å². The standard InChI is InChI=1S/C17H17ClFNO2S/c18-14-4-2-1-3-13(14)16(17(21)22-9-7-19)20-8-5-15-12(11-20)6-10-23-15/h1-4,6,10,16H,5,7-9,11H2. The van der Waals surface area contributed by atoms with Crippen molar-refractivity contribution in [3.8, 4) is 0 Å². The van der Waals surface area contributed by atoms with E-state index in [1.54, 1.807) is 17.4 Å². The number of fused-ring (bicyclic) bond motifs is 1. The zero-order valence-electron chi connectivity index (χ0n) is 12.5. The van der Waals surface area contributed by atoms with Gasteiger partial charge < -0.3 is 4.74 Å². The highest BCUT2D eigenvalue weighted by Crippen LogP contribution is 2.34. The van der Waals surface area contributed by atoms with Gasteiger partial charge in [0.1, 0.15) is 19.3 Å². The van der Waals surface area contributed by atoms with E-state index >= 15 is 0 Å². The van der Waals surface area contributed by atoms with Crippen LogP contribution in [0.3, 0.4) is 0 Å². The van der Waals surface area contributed by atoms with Crippen LogP contribution in [-0.2, 0) is 22.5 Å². The molecule has 1 atom stereocenters. The number of carbonyl (C=O) groups excluding carboxylic acids is 1. The minimum atomic E-state index is -0.685. The highest BCUT2D eigenvalue weighted by Gasteiger charge is 2.33. The third kappa shape index (κ3) is 3.57. The second kappa shape index (κ2) is 7.43. The van der Waals surface area contributed by atoms with E-state index < -0.39 is 18.7 Å². The van der Waals surface area contributed by atoms with Gasteiger partial charge in [0.05, 0.1) is 0 Å². The van der Waals surface area contributed by atoms with E-state index in [1.165, 1.54) is 10.4 Å². The Morgan fingerprint density at radius 1 is 1.39 bits per heavy atom. The predicted molar refractivity (Wildman–Crippen MR) is 89.6 cm³/mol. The Morgan fingerprint density at radius 2 is 2.22 bits per heavy atom. The van der Waals surface area contributed by atoms with Crippen molar-refractivity contribution in [3.63, 3.8) is 0 Å². The third-order valence-electron chi connectivity index (χ3n) is 3.95. The van der Waals surface area contributed by atoms with Crippen LogP contribution < -0.4 is 0 Å². The maximum absolute atomic E-state index is 12.5. The summed E-state index contributed by atoms with van der Waals surface area (Å²) in [5.74, 6) is -0.450. The maximum atomic E-state index is 12.5. The molecular formula is C17H17ClFNO2S. The molecule has 0 saturated heterocycles. The molecule has 1 unspecified atom stereocenters. The van der Waals surface area contributed by atoms with E-state index in [4.69, 9.17) is 16.3 Å². The Hall–Kier alpha value is -1.43. The molecule has 6 heteroatoms. The Kier molecular flexibility index (Phi) is 5.30. The molecule has 1 aliphatic rings. The highest BCUT2D eigenvalue weighted by atomic mass is 35.5. The summed E-state index contributed by atoms with van der Waals surface area (Å²) in [4.78, 5) is 15.9. The monoisotopic (exact) mass is 353 g/mol. The van der Waals surface area contributed by atoms with Gasteiger partial charge in [0.2, 0.25) is 0 Å². The second-order valence-corrected chi connectivity index (χ2v) is 6.78. The van der Waals surface area contributed by atoms with Crippen molar-refractivity contribution in [1.29, 1.82) is 0 Å². The van der Waals surface area contributed by atoms with Crippen molar-refractivity contribution >= 4 is 28.9 Å². The van der Waals surface area contributed by atoms with E-state index in [2.05, 4.69) is 16.3 Å². The van der Waals surface area contributed by atoms with Crippen molar-refractivity contribution in [2.75, 3.05) is 19.8 Å². The first-order chi connectivity index (χ1) is 11.2. The zero-order chi connectivity index (χ0) is 16.2. The fourth-order valence-corrected chi connectivity index (χ4v) is 4.01. The lowest BCUT2D eigenvalue weighted by Gasteiger charge is -2.33. The van der Waals surface area contributed by atoms with E-state index in [9.17, 15) is 9.18 Å². The van der Waals surface area contributed by atoms with Gasteiger partial charge in [-0.2, -0.15) is 0 Å². The van der Waals surface area contributed by atoms with Crippen LogP contribution >= 0.6 is 22.9 Å². The summed E-state index contributed by atoms with van der Waals surface area (Å²) in [5, 5.41) is 2.59. The molecule has 2 heterocycles. The Bertz CT molecular complexity index is 691. The number of nitrogens with zero attached hydrogens (tertiary/aromatic N) is 1. The van der Waals surface area contributed by atoms with Crippen LogP contribution in [0, 0.1) is 0 Å². The van der Waals surface area contributed by atoms with Crippen molar-refractivity contribution in [3.05, 3.63) is 56.7 Å². The number of hydrogen-bond acceptors (Lipinski definition) is 4. The number of ether oxygens (including phenoxy) is 1. The molecule has 0 fully saturated rings. The molecule has 0 amide bonds. The van der Waals surface area contributed by atoms with E-state index in [0.717, 1.165) is 13.0 Å². The molecule has 2 aromatic rings. The average molecular weight is 354 g/mol. The van der Waals surface area contributed by atoms with Crippen LogP contribution in [-0.4, -0.2) is 30.7 Å². The lowest BCUT2D eigenvalue weighted by Crippen LogP contribution is -2.38. The van der Waals surface area contributed by atoms with Gasteiger partial charge >= 0.3 is 5.97 Å². The minimum absolute atomic E-state index is 0.225. The topological polar surface area (TPSA) is 29.5 Å². The van der Waals surface area contributed by atoms with Crippen LogP contribution in [0.2, 0.25) is 5.02 Å². The van der Waals surface area contributed by atoms with E-state index in [-0.39, 0.29) is 6.61 Å². The molecule has 3 rings (SSSR count). The van der Waals surface area contributed by atoms with Gasteiger partial charge in [0, 0.05) is 23.0 Å². The number of rotatable bonds is 5. The summed E-state index contributed by atoms with van der Waals surface area (Å²) >= 11 is 8.03. The third-order valence-corrected chi connectivity index (χ3v) is 5.31. The van der Waals surface area contributed by atoms with E-state index in [0.29, 0.717) is 17.1 Å². The van der Waals surface area contributed by atoms with Gasteiger partial charge in [0.15, 0.2) is 0 Å². The summed E-state index contributed by atoms with van der Waals surface area (Å²) < 4.78 is 17.5. The molecule has 0 N–H and O–H groups in total. The molecule has 23 heavy (non-hydrogen) atoms. The summed E-state index contributed by atoms with van der Waals surface area (Å²) in [5.41, 5.74) is 1.94. The molecule has 1 aromatic heterocycles. The van der Waals surface area contributed by atoms with Gasteiger partial charge in [-0.3, -0.25) is 4.90 Å². The van der Waals surface area contributed by atoms with Crippen molar-refractivity contribution < 1.29 is 13.9 Å². The van der Waals surface area contributed by atoms with Gasteiger partial charge in [-0.1, -0.05) is 29.8 Å². The van der Waals surface area contributed by atoms with Gasteiger partial charge in [-0.05, 0) is 35.1 Å². The van der Waals surface area contributed by atoms with Crippen LogP contribution in [0.25, 0.3) is 0 Å². The molecule has 0 radical (unpaired) electrons. The largest absolute Gasteiger partial charge is 0.461 e. The molecule has 3 nitrogen and oxygen atoms in total. The van der Waals surface area contributed by atoms with Crippen molar-refractivity contribution in [1.82, 2.24) is 4.90 Å². The highest BCUT2D eigenvalue weighted by molar-refractivity contribution is 7.10. The van der Waals surface area contributed by atoms with Crippen LogP contribution in [0.15, 0.2) is 35.7 Å². The molecule has 0 saturated carbocycles. The summed E-state index contributed by atoms with van der Waals surface area (Å²) in [6, 6.07) is 8.73. The molecule has 0 bridgehead atoms. The average Bonchev–Trinajstić information content (AvgIpc) is 3.02. The van der Waals surface area contributed by atoms with E-state index in [1.807, 2.05) is 18.2 Å². The molecular weight excluding hydrogens is 337 g/mol. The number of esters is 1. The normalized spacial score (nSPS) is 15.9. The first kappa shape index (κ1) is 16.4. The molecule has 1 aliphatic heterocycles. The number of benzene rings is 1. The fraction of sp³-hybridized carbons (Fsp3) is 0.353. The summed E-state index contributed by atoms with van der Waals surface area (Å²) in [6.45, 7) is 0.501. The van der Waals surface area contributed by atoms with Gasteiger partial charge in [-0.25, -0.2) is 9.18 Å². The van der Waals surface area contributed by atoms with Crippen molar-refractivity contribution in [2.45, 2.75) is 19.0 Å². The number of carbonyl (C=O) groups is 1. The van der Waals surface area contributed by atoms with Crippen LogP contribution in [0.5, 0.6) is 0 Å². The maximum Gasteiger partial charge on any atom is 0.328 e.